The Morgan fingerprint density at radius 3 is 2.71 bits per heavy atom. The zero-order valence-electron chi connectivity index (χ0n) is 19.4. The third-order valence-electron chi connectivity index (χ3n) is 5.12. The number of benzene rings is 2. The van der Waals surface area contributed by atoms with Crippen LogP contribution in [0.1, 0.15) is 30.4 Å². The summed E-state index contributed by atoms with van der Waals surface area (Å²) in [6.45, 7) is 6.74. The van der Waals surface area contributed by atoms with E-state index < -0.39 is 0 Å². The molecule has 0 aliphatic heterocycles. The molecule has 9 heteroatoms. The standard InChI is InChI=1S/C25H27N5O4/c1-4-23(31)26-10-11-32-22-7-5-6-20-24(22)25(28-15-27-20)29-18-8-9-21(16(2)12-18)33-14-19-13-17(3)34-30-19/h5-9,12-13,15H,4,10-11,14H2,1-3H3,(H,26,31)(H,27,28,29). The zero-order chi connectivity index (χ0) is 23.9. The van der Waals surface area contributed by atoms with Gasteiger partial charge in [0.1, 0.15) is 48.3 Å². The van der Waals surface area contributed by atoms with Gasteiger partial charge in [-0.15, -0.1) is 0 Å². The Hall–Kier alpha value is -4.14. The molecule has 1 amide bonds. The first-order chi connectivity index (χ1) is 16.5. The van der Waals surface area contributed by atoms with E-state index in [9.17, 15) is 4.79 Å². The van der Waals surface area contributed by atoms with Gasteiger partial charge in [-0.1, -0.05) is 18.1 Å². The molecule has 9 nitrogen and oxygen atoms in total. The van der Waals surface area contributed by atoms with E-state index in [2.05, 4.69) is 25.8 Å². The Morgan fingerprint density at radius 1 is 1.06 bits per heavy atom. The molecule has 0 saturated heterocycles. The molecule has 34 heavy (non-hydrogen) atoms. The second-order valence-corrected chi connectivity index (χ2v) is 7.75. The second kappa shape index (κ2) is 10.7. The van der Waals surface area contributed by atoms with Gasteiger partial charge in [0.05, 0.1) is 17.4 Å². The van der Waals surface area contributed by atoms with Gasteiger partial charge in [0.25, 0.3) is 0 Å². The van der Waals surface area contributed by atoms with Crippen LogP contribution in [0.15, 0.2) is 53.3 Å². The smallest absolute Gasteiger partial charge is 0.219 e. The average molecular weight is 462 g/mol. The van der Waals surface area contributed by atoms with Crippen LogP contribution in [0.3, 0.4) is 0 Å². The fourth-order valence-electron chi connectivity index (χ4n) is 3.43. The van der Waals surface area contributed by atoms with Crippen molar-refractivity contribution in [2.24, 2.45) is 0 Å². The lowest BCUT2D eigenvalue weighted by Crippen LogP contribution is -2.27. The van der Waals surface area contributed by atoms with E-state index in [-0.39, 0.29) is 5.91 Å². The predicted molar refractivity (Wildman–Crippen MR) is 128 cm³/mol. The summed E-state index contributed by atoms with van der Waals surface area (Å²) >= 11 is 0. The van der Waals surface area contributed by atoms with Crippen molar-refractivity contribution in [1.82, 2.24) is 20.4 Å². The summed E-state index contributed by atoms with van der Waals surface area (Å²) in [5.41, 5.74) is 3.32. The van der Waals surface area contributed by atoms with Crippen LogP contribution in [0.2, 0.25) is 0 Å². The van der Waals surface area contributed by atoms with Crippen molar-refractivity contribution in [2.75, 3.05) is 18.5 Å². The van der Waals surface area contributed by atoms with Crippen LogP contribution < -0.4 is 20.1 Å². The molecule has 0 aliphatic carbocycles. The lowest BCUT2D eigenvalue weighted by molar-refractivity contribution is -0.120. The number of hydrogen-bond acceptors (Lipinski definition) is 8. The number of ether oxygens (including phenoxy) is 2. The highest BCUT2D eigenvalue weighted by Gasteiger charge is 2.12. The van der Waals surface area contributed by atoms with Crippen LogP contribution >= 0.6 is 0 Å². The van der Waals surface area contributed by atoms with Crippen LogP contribution in [-0.4, -0.2) is 34.2 Å². The lowest BCUT2D eigenvalue weighted by atomic mass is 10.1. The molecule has 0 bridgehead atoms. The molecule has 2 aromatic heterocycles. The largest absolute Gasteiger partial charge is 0.491 e. The number of amides is 1. The average Bonchev–Trinajstić information content (AvgIpc) is 3.26. The summed E-state index contributed by atoms with van der Waals surface area (Å²) in [5.74, 6) is 2.78. The summed E-state index contributed by atoms with van der Waals surface area (Å²) in [4.78, 5) is 20.3. The molecular formula is C25H27N5O4. The number of nitrogens with one attached hydrogen (secondary N) is 2. The second-order valence-electron chi connectivity index (χ2n) is 7.75. The fraction of sp³-hybridized carbons (Fsp3) is 0.280. The van der Waals surface area contributed by atoms with Crippen molar-refractivity contribution < 1.29 is 18.8 Å². The van der Waals surface area contributed by atoms with Gasteiger partial charge in [0, 0.05) is 18.2 Å². The first-order valence-corrected chi connectivity index (χ1v) is 11.1. The summed E-state index contributed by atoms with van der Waals surface area (Å²) in [6.07, 6.45) is 1.96. The van der Waals surface area contributed by atoms with Crippen molar-refractivity contribution in [3.63, 3.8) is 0 Å². The monoisotopic (exact) mass is 461 g/mol. The van der Waals surface area contributed by atoms with Crippen molar-refractivity contribution in [2.45, 2.75) is 33.8 Å². The van der Waals surface area contributed by atoms with Crippen molar-refractivity contribution in [3.05, 3.63) is 65.8 Å². The van der Waals surface area contributed by atoms with E-state index in [0.29, 0.717) is 37.7 Å². The number of anilines is 2. The number of rotatable bonds is 10. The minimum absolute atomic E-state index is 0.00820. The van der Waals surface area contributed by atoms with Gasteiger partial charge < -0.3 is 24.6 Å². The highest BCUT2D eigenvalue weighted by molar-refractivity contribution is 5.95. The Labute approximate surface area is 197 Å². The Bertz CT molecular complexity index is 1280. The van der Waals surface area contributed by atoms with Crippen molar-refractivity contribution in [3.8, 4) is 11.5 Å². The maximum atomic E-state index is 11.4. The van der Waals surface area contributed by atoms with E-state index in [0.717, 1.165) is 39.4 Å². The maximum Gasteiger partial charge on any atom is 0.219 e. The number of hydrogen-bond donors (Lipinski definition) is 2. The fourth-order valence-corrected chi connectivity index (χ4v) is 3.43. The molecule has 0 fully saturated rings. The van der Waals surface area contributed by atoms with E-state index in [4.69, 9.17) is 14.0 Å². The number of fused-ring (bicyclic) bond motifs is 1. The normalized spacial score (nSPS) is 10.8. The van der Waals surface area contributed by atoms with Gasteiger partial charge in [0.2, 0.25) is 5.91 Å². The van der Waals surface area contributed by atoms with E-state index >= 15 is 0 Å². The van der Waals surface area contributed by atoms with Crippen LogP contribution in [0.4, 0.5) is 11.5 Å². The summed E-state index contributed by atoms with van der Waals surface area (Å²) < 4.78 is 16.9. The Kier molecular flexibility index (Phi) is 7.22. The molecule has 176 valence electrons. The zero-order valence-corrected chi connectivity index (χ0v) is 19.4. The van der Waals surface area contributed by atoms with E-state index in [1.165, 1.54) is 6.33 Å². The van der Waals surface area contributed by atoms with Crippen molar-refractivity contribution in [1.29, 1.82) is 0 Å². The quantitative estimate of drug-likeness (QED) is 0.333. The number of carbonyl (C=O) groups is 1. The Balaban J connectivity index is 1.48. The molecule has 0 saturated carbocycles. The number of aryl methyl sites for hydroxylation is 2. The minimum atomic E-state index is -0.00820. The molecule has 0 spiro atoms. The predicted octanol–water partition coefficient (Wildman–Crippen LogP) is 4.46. The minimum Gasteiger partial charge on any atom is -0.491 e. The highest BCUT2D eigenvalue weighted by Crippen LogP contribution is 2.32. The third-order valence-corrected chi connectivity index (χ3v) is 5.12. The third kappa shape index (κ3) is 5.61. The molecule has 0 aliphatic rings. The van der Waals surface area contributed by atoms with E-state index in [1.54, 1.807) is 0 Å². The summed E-state index contributed by atoms with van der Waals surface area (Å²) in [6, 6.07) is 13.3. The molecule has 2 heterocycles. The number of aromatic nitrogens is 3. The molecule has 0 atom stereocenters. The van der Waals surface area contributed by atoms with Crippen LogP contribution in [0.25, 0.3) is 10.9 Å². The summed E-state index contributed by atoms with van der Waals surface area (Å²) in [7, 11) is 0. The van der Waals surface area contributed by atoms with Gasteiger partial charge >= 0.3 is 0 Å². The highest BCUT2D eigenvalue weighted by atomic mass is 16.5. The maximum absolute atomic E-state index is 11.4. The number of nitrogens with zero attached hydrogens (tertiary/aromatic N) is 3. The Morgan fingerprint density at radius 2 is 1.94 bits per heavy atom. The topological polar surface area (TPSA) is 111 Å². The molecule has 2 aromatic carbocycles. The first kappa shape index (κ1) is 23.0. The molecular weight excluding hydrogens is 434 g/mol. The molecule has 2 N–H and O–H groups in total. The van der Waals surface area contributed by atoms with Gasteiger partial charge in [-0.2, -0.15) is 0 Å². The molecule has 4 rings (SSSR count). The van der Waals surface area contributed by atoms with E-state index in [1.807, 2.05) is 63.2 Å². The molecule has 0 unspecified atom stereocenters. The first-order valence-electron chi connectivity index (χ1n) is 11.1. The van der Waals surface area contributed by atoms with Crippen LogP contribution in [0, 0.1) is 13.8 Å². The SMILES string of the molecule is CCC(=O)NCCOc1cccc2ncnc(Nc3ccc(OCc4cc(C)on4)c(C)c3)c12. The lowest BCUT2D eigenvalue weighted by Gasteiger charge is -2.14. The summed E-state index contributed by atoms with van der Waals surface area (Å²) in [5, 5.41) is 10.9. The van der Waals surface area contributed by atoms with Gasteiger partial charge in [-0.3, -0.25) is 4.79 Å². The van der Waals surface area contributed by atoms with Gasteiger partial charge in [-0.05, 0) is 49.7 Å². The van der Waals surface area contributed by atoms with Gasteiger partial charge in [0.15, 0.2) is 0 Å². The van der Waals surface area contributed by atoms with Crippen LogP contribution in [0.5, 0.6) is 11.5 Å². The molecule has 0 radical (unpaired) electrons. The van der Waals surface area contributed by atoms with Gasteiger partial charge in [-0.25, -0.2) is 9.97 Å². The van der Waals surface area contributed by atoms with Crippen LogP contribution in [-0.2, 0) is 11.4 Å². The number of carbonyl (C=O) groups excluding carboxylic acids is 1. The van der Waals surface area contributed by atoms with Crippen molar-refractivity contribution >= 4 is 28.3 Å². The molecule has 4 aromatic rings.